The van der Waals surface area contributed by atoms with Crippen molar-refractivity contribution in [2.75, 3.05) is 40.5 Å². The summed E-state index contributed by atoms with van der Waals surface area (Å²) in [6.07, 6.45) is -2.05. The fourth-order valence-corrected chi connectivity index (χ4v) is 4.56. The van der Waals surface area contributed by atoms with Gasteiger partial charge in [0.15, 0.2) is 0 Å². The highest BCUT2D eigenvalue weighted by Gasteiger charge is 2.30. The van der Waals surface area contributed by atoms with Crippen LogP contribution < -0.4 is 4.74 Å². The quantitative estimate of drug-likeness (QED) is 0.244. The highest BCUT2D eigenvalue weighted by Crippen LogP contribution is 2.29. The molecule has 0 aliphatic carbocycles. The van der Waals surface area contributed by atoms with Gasteiger partial charge >= 0.3 is 6.18 Å². The highest BCUT2D eigenvalue weighted by atomic mass is 19.4. The van der Waals surface area contributed by atoms with Crippen LogP contribution >= 0.6 is 0 Å². The number of carbonyl (C=O) groups is 2. The Kier molecular flexibility index (Phi) is 9.67. The van der Waals surface area contributed by atoms with Gasteiger partial charge in [-0.1, -0.05) is 36.4 Å². The number of ether oxygens (including phenoxy) is 2. The summed E-state index contributed by atoms with van der Waals surface area (Å²) in [5.74, 6) is -0.186. The predicted molar refractivity (Wildman–Crippen MR) is 150 cm³/mol. The number of H-pyrrole nitrogens is 1. The number of nitrogens with zero attached hydrogens (tertiary/aromatic N) is 2. The predicted octanol–water partition coefficient (Wildman–Crippen LogP) is 5.56. The molecule has 216 valence electrons. The fourth-order valence-electron chi connectivity index (χ4n) is 4.56. The number of halogens is 3. The van der Waals surface area contributed by atoms with E-state index < -0.39 is 11.7 Å². The first-order valence-electron chi connectivity index (χ1n) is 13.1. The monoisotopic (exact) mass is 567 g/mol. The van der Waals surface area contributed by atoms with Gasteiger partial charge in [-0.2, -0.15) is 13.2 Å². The van der Waals surface area contributed by atoms with Crippen LogP contribution in [0.1, 0.15) is 27.0 Å². The Morgan fingerprint density at radius 1 is 0.902 bits per heavy atom. The van der Waals surface area contributed by atoms with Crippen LogP contribution in [0.15, 0.2) is 79.0 Å². The van der Waals surface area contributed by atoms with Gasteiger partial charge in [0.1, 0.15) is 12.3 Å². The van der Waals surface area contributed by atoms with Gasteiger partial charge in [-0.25, -0.2) is 0 Å². The van der Waals surface area contributed by atoms with Gasteiger partial charge in [-0.15, -0.1) is 0 Å². The van der Waals surface area contributed by atoms with E-state index in [1.807, 2.05) is 30.5 Å². The third-order valence-corrected chi connectivity index (χ3v) is 6.83. The van der Waals surface area contributed by atoms with Crippen molar-refractivity contribution in [2.24, 2.45) is 0 Å². The number of benzene rings is 3. The van der Waals surface area contributed by atoms with Crippen LogP contribution in [0.25, 0.3) is 10.9 Å². The number of amides is 2. The molecular formula is C31H32F3N3O4. The number of nitrogens with one attached hydrogen (secondary N) is 1. The lowest BCUT2D eigenvalue weighted by atomic mass is 10.1. The number of aromatic amines is 1. The van der Waals surface area contributed by atoms with Crippen molar-refractivity contribution in [3.63, 3.8) is 0 Å². The van der Waals surface area contributed by atoms with Crippen molar-refractivity contribution in [2.45, 2.75) is 19.1 Å². The summed E-state index contributed by atoms with van der Waals surface area (Å²) in [5, 5.41) is 1.03. The molecule has 1 aromatic heterocycles. The van der Waals surface area contributed by atoms with Gasteiger partial charge in [-0.3, -0.25) is 9.59 Å². The second kappa shape index (κ2) is 13.4. The van der Waals surface area contributed by atoms with Crippen LogP contribution in [0.5, 0.6) is 5.75 Å². The maximum Gasteiger partial charge on any atom is 0.416 e. The summed E-state index contributed by atoms with van der Waals surface area (Å²) in [5.41, 5.74) is 2.13. The maximum absolute atomic E-state index is 13.7. The number of para-hydroxylation sites is 1. The molecule has 1 heterocycles. The van der Waals surface area contributed by atoms with E-state index in [1.165, 1.54) is 31.3 Å². The van der Waals surface area contributed by atoms with Gasteiger partial charge in [0.25, 0.3) is 5.91 Å². The molecule has 0 spiro atoms. The van der Waals surface area contributed by atoms with Crippen LogP contribution in [0, 0.1) is 0 Å². The van der Waals surface area contributed by atoms with Crippen molar-refractivity contribution in [1.29, 1.82) is 0 Å². The molecule has 0 saturated carbocycles. The summed E-state index contributed by atoms with van der Waals surface area (Å²) in [4.78, 5) is 33.3. The van der Waals surface area contributed by atoms with Crippen molar-refractivity contribution < 1.29 is 32.2 Å². The number of aromatic nitrogens is 1. The Hall–Kier alpha value is -4.31. The summed E-state index contributed by atoms with van der Waals surface area (Å²) in [6.45, 7) is 0.554. The number of rotatable bonds is 12. The number of methoxy groups -OCH3 is 2. The van der Waals surface area contributed by atoms with E-state index in [9.17, 15) is 22.8 Å². The molecule has 7 nitrogen and oxygen atoms in total. The summed E-state index contributed by atoms with van der Waals surface area (Å²) < 4.78 is 49.7. The van der Waals surface area contributed by atoms with Crippen molar-refractivity contribution in [3.05, 3.63) is 101 Å². The Morgan fingerprint density at radius 3 is 2.37 bits per heavy atom. The molecule has 3 aromatic carbocycles. The molecule has 0 atom stereocenters. The third-order valence-electron chi connectivity index (χ3n) is 6.83. The molecule has 10 heteroatoms. The minimum atomic E-state index is -4.45. The highest BCUT2D eigenvalue weighted by molar-refractivity contribution is 5.97. The van der Waals surface area contributed by atoms with E-state index in [0.29, 0.717) is 29.8 Å². The molecular weight excluding hydrogens is 535 g/mol. The molecule has 0 radical (unpaired) electrons. The van der Waals surface area contributed by atoms with Crippen molar-refractivity contribution in [3.8, 4) is 5.75 Å². The third kappa shape index (κ3) is 7.67. The van der Waals surface area contributed by atoms with Crippen LogP contribution in [-0.4, -0.2) is 67.1 Å². The van der Waals surface area contributed by atoms with Gasteiger partial charge in [0, 0.05) is 49.4 Å². The average Bonchev–Trinajstić information content (AvgIpc) is 3.39. The van der Waals surface area contributed by atoms with E-state index in [4.69, 9.17) is 9.47 Å². The Labute approximate surface area is 236 Å². The van der Waals surface area contributed by atoms with Crippen LogP contribution in [0.3, 0.4) is 0 Å². The smallest absolute Gasteiger partial charge is 0.416 e. The minimum absolute atomic E-state index is 0.0881. The van der Waals surface area contributed by atoms with Crippen LogP contribution in [0.2, 0.25) is 0 Å². The number of hydrogen-bond acceptors (Lipinski definition) is 4. The second-order valence-corrected chi connectivity index (χ2v) is 9.57. The first-order valence-corrected chi connectivity index (χ1v) is 13.1. The number of fused-ring (bicyclic) bond motifs is 1. The molecule has 4 aromatic rings. The van der Waals surface area contributed by atoms with Gasteiger partial charge in [0.2, 0.25) is 5.91 Å². The van der Waals surface area contributed by atoms with E-state index in [1.54, 1.807) is 29.2 Å². The standard InChI is InChI=1S/C31H32F3N3O4/c1-40-17-16-37(30(39)23-6-5-7-26(18-23)41-2)21-29(38)36(20-22-10-12-25(13-11-22)31(32,33)34)15-14-24-19-35-28-9-4-3-8-27(24)28/h3-13,18-19,35H,14-17,20-21H2,1-2H3. The van der Waals surface area contributed by atoms with E-state index in [-0.39, 0.29) is 38.1 Å². The summed E-state index contributed by atoms with van der Waals surface area (Å²) in [6, 6.07) is 19.2. The SMILES string of the molecule is COCCN(CC(=O)N(CCc1c[nH]c2ccccc12)Cc1ccc(C(F)(F)F)cc1)C(=O)c1cccc(OC)c1. The van der Waals surface area contributed by atoms with Gasteiger partial charge in [-0.05, 0) is 53.9 Å². The molecule has 0 bridgehead atoms. The topological polar surface area (TPSA) is 74.9 Å². The Morgan fingerprint density at radius 2 is 1.66 bits per heavy atom. The average molecular weight is 568 g/mol. The minimum Gasteiger partial charge on any atom is -0.497 e. The van der Waals surface area contributed by atoms with Crippen molar-refractivity contribution >= 4 is 22.7 Å². The number of alkyl halides is 3. The van der Waals surface area contributed by atoms with Gasteiger partial charge in [0.05, 0.1) is 19.3 Å². The van der Waals surface area contributed by atoms with E-state index in [0.717, 1.165) is 28.6 Å². The molecule has 0 unspecified atom stereocenters. The lowest BCUT2D eigenvalue weighted by Gasteiger charge is -2.28. The second-order valence-electron chi connectivity index (χ2n) is 9.57. The molecule has 4 rings (SSSR count). The largest absolute Gasteiger partial charge is 0.497 e. The first kappa shape index (κ1) is 29.7. The summed E-state index contributed by atoms with van der Waals surface area (Å²) >= 11 is 0. The zero-order chi connectivity index (χ0) is 29.4. The van der Waals surface area contributed by atoms with Crippen molar-refractivity contribution in [1.82, 2.24) is 14.8 Å². The molecule has 2 amide bonds. The number of carbonyl (C=O) groups excluding carboxylic acids is 2. The number of hydrogen-bond donors (Lipinski definition) is 1. The van der Waals surface area contributed by atoms with E-state index >= 15 is 0 Å². The van der Waals surface area contributed by atoms with Crippen LogP contribution in [0.4, 0.5) is 13.2 Å². The molecule has 41 heavy (non-hydrogen) atoms. The maximum atomic E-state index is 13.7. The first-order chi connectivity index (χ1) is 19.7. The molecule has 0 fully saturated rings. The zero-order valence-electron chi connectivity index (χ0n) is 22.9. The molecule has 0 saturated heterocycles. The summed E-state index contributed by atoms with van der Waals surface area (Å²) in [7, 11) is 3.01. The van der Waals surface area contributed by atoms with Gasteiger partial charge < -0.3 is 24.3 Å². The normalized spacial score (nSPS) is 11.4. The molecule has 1 N–H and O–H groups in total. The lowest BCUT2D eigenvalue weighted by molar-refractivity contribution is -0.137. The zero-order valence-corrected chi connectivity index (χ0v) is 22.9. The lowest BCUT2D eigenvalue weighted by Crippen LogP contribution is -2.44. The fraction of sp³-hybridized carbons (Fsp3) is 0.290. The van der Waals surface area contributed by atoms with E-state index in [2.05, 4.69) is 4.98 Å². The Bertz CT molecular complexity index is 1470. The Balaban J connectivity index is 1.56. The molecule has 0 aliphatic heterocycles. The molecule has 0 aliphatic rings. The van der Waals surface area contributed by atoms with Crippen LogP contribution in [-0.2, 0) is 28.7 Å².